The van der Waals surface area contributed by atoms with Crippen LogP contribution in [0, 0.1) is 23.0 Å². The number of cyclic esters (lactones) is 1. The number of alkyl halides is 2. The zero-order valence-electron chi connectivity index (χ0n) is 21.9. The lowest BCUT2D eigenvalue weighted by atomic mass is 9.87. The first-order chi connectivity index (χ1) is 20.1. The van der Waals surface area contributed by atoms with E-state index >= 15 is 0 Å². The van der Waals surface area contributed by atoms with Gasteiger partial charge in [-0.05, 0) is 24.6 Å². The summed E-state index contributed by atoms with van der Waals surface area (Å²) in [6.07, 6.45) is 3.10. The number of amides is 3. The zero-order chi connectivity index (χ0) is 30.3. The molecule has 10 nitrogen and oxygen atoms in total. The van der Waals surface area contributed by atoms with Crippen molar-refractivity contribution in [2.45, 2.75) is 37.3 Å². The van der Waals surface area contributed by atoms with Crippen LogP contribution in [0.15, 0.2) is 61.1 Å². The third kappa shape index (κ3) is 7.17. The summed E-state index contributed by atoms with van der Waals surface area (Å²) in [6, 6.07) is 9.08. The van der Waals surface area contributed by atoms with E-state index in [1.54, 1.807) is 12.1 Å². The fourth-order valence-corrected chi connectivity index (χ4v) is 4.37. The Morgan fingerprint density at radius 3 is 2.62 bits per heavy atom. The molecule has 1 unspecified atom stereocenters. The number of hydrogen-bond acceptors (Lipinski definition) is 7. The second-order valence-corrected chi connectivity index (χ2v) is 9.40. The first-order valence-electron chi connectivity index (χ1n) is 12.7. The van der Waals surface area contributed by atoms with Crippen molar-refractivity contribution in [3.05, 3.63) is 83.8 Å². The third-order valence-corrected chi connectivity index (χ3v) is 6.39. The van der Waals surface area contributed by atoms with E-state index in [0.29, 0.717) is 24.5 Å². The van der Waals surface area contributed by atoms with E-state index in [0.717, 1.165) is 35.8 Å². The number of rotatable bonds is 7. The molecule has 0 radical (unpaired) electrons. The first kappa shape index (κ1) is 29.9. The molecular weight excluding hydrogens is 560 g/mol. The minimum atomic E-state index is -2.86. The van der Waals surface area contributed by atoms with Gasteiger partial charge in [-0.2, -0.15) is 5.26 Å². The van der Waals surface area contributed by atoms with Gasteiger partial charge in [0.25, 0.3) is 5.92 Å². The predicted molar refractivity (Wildman–Crippen MR) is 140 cm³/mol. The minimum Gasteiger partial charge on any atom is -0.449 e. The van der Waals surface area contributed by atoms with Gasteiger partial charge in [0.15, 0.2) is 0 Å². The quantitative estimate of drug-likeness (QED) is 0.324. The molecule has 2 aliphatic rings. The molecule has 2 fully saturated rings. The molecule has 2 aromatic heterocycles. The molecule has 1 saturated carbocycles. The summed E-state index contributed by atoms with van der Waals surface area (Å²) in [5, 5.41) is 11.1. The van der Waals surface area contributed by atoms with Crippen molar-refractivity contribution in [1.29, 1.82) is 5.26 Å². The third-order valence-electron chi connectivity index (χ3n) is 6.39. The lowest BCUT2D eigenvalue weighted by molar-refractivity contribution is -0.131. The molecule has 0 bridgehead atoms. The Morgan fingerprint density at radius 2 is 1.98 bits per heavy atom. The fourth-order valence-electron chi connectivity index (χ4n) is 4.37. The molecule has 218 valence electrons. The van der Waals surface area contributed by atoms with Crippen LogP contribution in [0.4, 0.5) is 33.9 Å². The molecule has 5 rings (SSSR count). The number of nitriles is 1. The highest BCUT2D eigenvalue weighted by molar-refractivity contribution is 5.93. The van der Waals surface area contributed by atoms with E-state index in [2.05, 4.69) is 15.3 Å². The van der Waals surface area contributed by atoms with E-state index in [4.69, 9.17) is 10.00 Å². The highest BCUT2D eigenvalue weighted by atomic mass is 19.3. The van der Waals surface area contributed by atoms with Crippen molar-refractivity contribution in [3.8, 4) is 6.07 Å². The van der Waals surface area contributed by atoms with Gasteiger partial charge >= 0.3 is 6.09 Å². The summed E-state index contributed by atoms with van der Waals surface area (Å²) in [4.78, 5) is 45.7. The number of anilines is 2. The van der Waals surface area contributed by atoms with Gasteiger partial charge in [-0.3, -0.25) is 24.4 Å². The van der Waals surface area contributed by atoms with E-state index in [1.807, 2.05) is 6.07 Å². The maximum absolute atomic E-state index is 14.3. The SMILES string of the molecule is N#Cc1ccnc(N2CCCOC2=O)c1.O=CN(c1cncc(F)c1)C(C(=O)NC1CC(F)(F)C1)c1ccccc1F. The number of carbonyl (C=O) groups excluding carboxylic acids is 3. The maximum Gasteiger partial charge on any atom is 0.415 e. The van der Waals surface area contributed by atoms with Crippen molar-refractivity contribution in [3.63, 3.8) is 0 Å². The van der Waals surface area contributed by atoms with Crippen molar-refractivity contribution in [1.82, 2.24) is 15.3 Å². The predicted octanol–water partition coefficient (Wildman–Crippen LogP) is 4.28. The highest BCUT2D eigenvalue weighted by Gasteiger charge is 2.47. The molecule has 3 aromatic rings. The van der Waals surface area contributed by atoms with Gasteiger partial charge in [-0.25, -0.2) is 27.3 Å². The van der Waals surface area contributed by atoms with Crippen LogP contribution in [0.25, 0.3) is 0 Å². The summed E-state index contributed by atoms with van der Waals surface area (Å²) in [6.45, 7) is 1.04. The lowest BCUT2D eigenvalue weighted by Gasteiger charge is -2.37. The first-order valence-corrected chi connectivity index (χ1v) is 12.7. The Labute approximate surface area is 237 Å². The van der Waals surface area contributed by atoms with E-state index in [9.17, 15) is 31.9 Å². The number of nitrogens with one attached hydrogen (secondary N) is 1. The molecule has 1 atom stereocenters. The molecule has 1 aliphatic heterocycles. The van der Waals surface area contributed by atoms with Gasteiger partial charge in [0, 0.05) is 43.3 Å². The smallest absolute Gasteiger partial charge is 0.415 e. The second-order valence-electron chi connectivity index (χ2n) is 9.40. The van der Waals surface area contributed by atoms with Gasteiger partial charge < -0.3 is 10.1 Å². The Hall–Kier alpha value is -5.06. The number of nitrogens with zero attached hydrogens (tertiary/aromatic N) is 5. The summed E-state index contributed by atoms with van der Waals surface area (Å²) in [7, 11) is 0. The Balaban J connectivity index is 0.000000227. The summed E-state index contributed by atoms with van der Waals surface area (Å²) >= 11 is 0. The Bertz CT molecular complexity index is 1490. The second kappa shape index (κ2) is 13.1. The molecular formula is C28H24F4N6O4. The zero-order valence-corrected chi connectivity index (χ0v) is 21.9. The number of ether oxygens (including phenoxy) is 1. The molecule has 0 spiro atoms. The van der Waals surface area contributed by atoms with Crippen LogP contribution in [0.1, 0.15) is 36.4 Å². The summed E-state index contributed by atoms with van der Waals surface area (Å²) in [5.41, 5.74) is 0.253. The van der Waals surface area contributed by atoms with E-state index in [1.165, 1.54) is 29.3 Å². The minimum absolute atomic E-state index is 0.0765. The summed E-state index contributed by atoms with van der Waals surface area (Å²) < 4.78 is 58.8. The van der Waals surface area contributed by atoms with Crippen molar-refractivity contribution in [2.75, 3.05) is 23.0 Å². The molecule has 3 amide bonds. The van der Waals surface area contributed by atoms with Gasteiger partial charge in [0.2, 0.25) is 12.3 Å². The average Bonchev–Trinajstić information content (AvgIpc) is 2.96. The molecule has 1 N–H and O–H groups in total. The molecule has 1 aromatic carbocycles. The van der Waals surface area contributed by atoms with Crippen LogP contribution in [0.5, 0.6) is 0 Å². The van der Waals surface area contributed by atoms with Gasteiger partial charge in [0.05, 0.1) is 36.3 Å². The molecule has 14 heteroatoms. The fraction of sp³-hybridized carbons (Fsp3) is 0.286. The molecule has 1 aliphatic carbocycles. The van der Waals surface area contributed by atoms with E-state index in [-0.39, 0.29) is 17.7 Å². The van der Waals surface area contributed by atoms with Crippen LogP contribution in [-0.4, -0.2) is 53.5 Å². The van der Waals surface area contributed by atoms with Crippen LogP contribution < -0.4 is 15.1 Å². The largest absolute Gasteiger partial charge is 0.449 e. The monoisotopic (exact) mass is 584 g/mol. The van der Waals surface area contributed by atoms with Crippen LogP contribution in [0.2, 0.25) is 0 Å². The van der Waals surface area contributed by atoms with Gasteiger partial charge in [-0.15, -0.1) is 0 Å². The topological polar surface area (TPSA) is 129 Å². The van der Waals surface area contributed by atoms with Gasteiger partial charge in [0.1, 0.15) is 23.5 Å². The molecule has 42 heavy (non-hydrogen) atoms. The number of aromatic nitrogens is 2. The number of halogens is 4. The molecule has 3 heterocycles. The maximum atomic E-state index is 14.3. The Morgan fingerprint density at radius 1 is 1.21 bits per heavy atom. The number of hydrogen-bond donors (Lipinski definition) is 1. The Kier molecular flexibility index (Phi) is 9.31. The van der Waals surface area contributed by atoms with Crippen LogP contribution in [0.3, 0.4) is 0 Å². The van der Waals surface area contributed by atoms with Crippen LogP contribution >= 0.6 is 0 Å². The van der Waals surface area contributed by atoms with Gasteiger partial charge in [-0.1, -0.05) is 18.2 Å². The normalized spacial score (nSPS) is 16.5. The number of benzene rings is 1. The van der Waals surface area contributed by atoms with Crippen molar-refractivity contribution in [2.24, 2.45) is 0 Å². The number of pyridine rings is 2. The average molecular weight is 585 g/mol. The van der Waals surface area contributed by atoms with Crippen molar-refractivity contribution < 1.29 is 36.7 Å². The van der Waals surface area contributed by atoms with Crippen molar-refractivity contribution >= 4 is 29.9 Å². The summed E-state index contributed by atoms with van der Waals surface area (Å²) in [5.74, 6) is -4.77. The molecule has 1 saturated heterocycles. The standard InChI is InChI=1S/C18H15F4N3O2.C10H9N3O2/c19-11-5-13(9-23-8-11)25(10-26)16(14-3-1-2-4-15(14)20)17(27)24-12-6-18(21,22)7-12;11-7-8-2-3-12-9(6-8)13-4-1-5-15-10(13)14/h1-5,8-10,12,16H,6-7H2,(H,24,27);2-3,6H,1,4-5H2. The highest BCUT2D eigenvalue weighted by Crippen LogP contribution is 2.38. The van der Waals surface area contributed by atoms with Crippen LogP contribution in [-0.2, 0) is 14.3 Å². The van der Waals surface area contributed by atoms with E-state index < -0.39 is 54.5 Å². The lowest BCUT2D eigenvalue weighted by Crippen LogP contribution is -2.53. The number of carbonyl (C=O) groups is 3.